The zero-order chi connectivity index (χ0) is 17.4. The van der Waals surface area contributed by atoms with Crippen molar-refractivity contribution in [1.82, 2.24) is 9.88 Å². The lowest BCUT2D eigenvalue weighted by atomic mass is 10.2. The second-order valence-corrected chi connectivity index (χ2v) is 6.79. The van der Waals surface area contributed by atoms with Gasteiger partial charge in [0.15, 0.2) is 0 Å². The van der Waals surface area contributed by atoms with E-state index >= 15 is 0 Å². The number of rotatable bonds is 5. The first-order valence-corrected chi connectivity index (χ1v) is 8.67. The molecule has 4 heteroatoms. The highest BCUT2D eigenvalue weighted by molar-refractivity contribution is 5.98. The second-order valence-electron chi connectivity index (χ2n) is 6.79. The van der Waals surface area contributed by atoms with Crippen molar-refractivity contribution in [3.63, 3.8) is 0 Å². The van der Waals surface area contributed by atoms with E-state index in [0.717, 1.165) is 35.1 Å². The van der Waals surface area contributed by atoms with Crippen molar-refractivity contribution < 1.29 is 9.53 Å². The summed E-state index contributed by atoms with van der Waals surface area (Å²) in [6.45, 7) is 2.68. The summed E-state index contributed by atoms with van der Waals surface area (Å²) in [6.07, 6.45) is 2.17. The maximum atomic E-state index is 13.1. The van der Waals surface area contributed by atoms with E-state index in [9.17, 15) is 4.79 Å². The molecule has 1 heterocycles. The van der Waals surface area contributed by atoms with Crippen molar-refractivity contribution in [2.24, 2.45) is 0 Å². The molecule has 4 nitrogen and oxygen atoms in total. The lowest BCUT2D eigenvalue weighted by Crippen LogP contribution is -2.32. The first-order valence-electron chi connectivity index (χ1n) is 8.67. The molecule has 1 fully saturated rings. The second kappa shape index (κ2) is 6.28. The molecule has 0 aliphatic heterocycles. The van der Waals surface area contributed by atoms with Crippen molar-refractivity contribution in [2.45, 2.75) is 32.4 Å². The average Bonchev–Trinajstić information content (AvgIpc) is 3.38. The van der Waals surface area contributed by atoms with Gasteiger partial charge in [0, 0.05) is 23.5 Å². The van der Waals surface area contributed by atoms with Crippen LogP contribution in [-0.4, -0.2) is 28.9 Å². The van der Waals surface area contributed by atoms with Crippen LogP contribution >= 0.6 is 0 Å². The Morgan fingerprint density at radius 3 is 2.60 bits per heavy atom. The highest BCUT2D eigenvalue weighted by Gasteiger charge is 2.33. The number of aryl methyl sites for hydroxylation is 1. The highest BCUT2D eigenvalue weighted by Crippen LogP contribution is 2.30. The number of hydrogen-bond acceptors (Lipinski definition) is 2. The Labute approximate surface area is 147 Å². The van der Waals surface area contributed by atoms with Gasteiger partial charge in [-0.1, -0.05) is 24.3 Å². The summed E-state index contributed by atoms with van der Waals surface area (Å²) in [5.74, 6) is 0.909. The van der Waals surface area contributed by atoms with Crippen LogP contribution in [0.2, 0.25) is 0 Å². The summed E-state index contributed by atoms with van der Waals surface area (Å²) >= 11 is 0. The molecule has 1 aliphatic carbocycles. The summed E-state index contributed by atoms with van der Waals surface area (Å²) < 4.78 is 5.21. The monoisotopic (exact) mass is 334 g/mol. The highest BCUT2D eigenvalue weighted by atomic mass is 16.5. The van der Waals surface area contributed by atoms with Gasteiger partial charge in [0.1, 0.15) is 11.4 Å². The molecule has 1 aromatic heterocycles. The fraction of sp³-hybridized carbons (Fsp3) is 0.286. The minimum Gasteiger partial charge on any atom is -0.497 e. The minimum atomic E-state index is 0.0761. The van der Waals surface area contributed by atoms with Crippen LogP contribution in [0.1, 0.15) is 34.5 Å². The van der Waals surface area contributed by atoms with Gasteiger partial charge in [-0.15, -0.1) is 0 Å². The Kier molecular flexibility index (Phi) is 3.96. The van der Waals surface area contributed by atoms with Gasteiger partial charge in [0.05, 0.1) is 7.11 Å². The van der Waals surface area contributed by atoms with Crippen LogP contribution in [0.15, 0.2) is 48.5 Å². The van der Waals surface area contributed by atoms with Gasteiger partial charge in [0.2, 0.25) is 0 Å². The maximum absolute atomic E-state index is 13.1. The molecule has 4 rings (SSSR count). The minimum absolute atomic E-state index is 0.0761. The molecule has 0 saturated heterocycles. The fourth-order valence-electron chi connectivity index (χ4n) is 3.19. The standard InChI is InChI=1S/C21H22N2O2/c1-14-3-6-16-12-20(22-19(16)11-14)21(24)23(17-7-8-17)13-15-4-9-18(25-2)10-5-15/h3-6,9-12,17,22H,7-8,13H2,1-2H3. The molecule has 0 spiro atoms. The lowest BCUT2D eigenvalue weighted by molar-refractivity contribution is 0.0725. The quantitative estimate of drug-likeness (QED) is 0.756. The van der Waals surface area contributed by atoms with Crippen LogP contribution in [0.3, 0.4) is 0 Å². The molecule has 0 unspecified atom stereocenters. The number of methoxy groups -OCH3 is 1. The molecular weight excluding hydrogens is 312 g/mol. The van der Waals surface area contributed by atoms with Crippen LogP contribution in [0, 0.1) is 6.92 Å². The van der Waals surface area contributed by atoms with Crippen molar-refractivity contribution in [1.29, 1.82) is 0 Å². The molecule has 3 aromatic rings. The molecule has 1 aliphatic rings. The predicted molar refractivity (Wildman–Crippen MR) is 98.9 cm³/mol. The van der Waals surface area contributed by atoms with Gasteiger partial charge >= 0.3 is 0 Å². The topological polar surface area (TPSA) is 45.3 Å². The third-order valence-corrected chi connectivity index (χ3v) is 4.77. The molecule has 1 amide bonds. The van der Waals surface area contributed by atoms with E-state index in [4.69, 9.17) is 4.74 Å². The van der Waals surface area contributed by atoms with E-state index in [1.807, 2.05) is 35.2 Å². The molecule has 128 valence electrons. The molecule has 1 saturated carbocycles. The zero-order valence-corrected chi connectivity index (χ0v) is 14.6. The Bertz CT molecular complexity index is 907. The first kappa shape index (κ1) is 15.8. The maximum Gasteiger partial charge on any atom is 0.270 e. The molecule has 1 N–H and O–H groups in total. The normalized spacial score (nSPS) is 13.8. The number of ether oxygens (including phenoxy) is 1. The van der Waals surface area contributed by atoms with E-state index in [0.29, 0.717) is 18.3 Å². The SMILES string of the molecule is COc1ccc(CN(C(=O)c2cc3ccc(C)cc3[nH]2)C2CC2)cc1. The van der Waals surface area contributed by atoms with Crippen LogP contribution < -0.4 is 4.74 Å². The number of nitrogens with one attached hydrogen (secondary N) is 1. The number of aromatic nitrogens is 1. The summed E-state index contributed by atoms with van der Waals surface area (Å²) in [5, 5.41) is 1.08. The lowest BCUT2D eigenvalue weighted by Gasteiger charge is -2.22. The molecule has 0 atom stereocenters. The Morgan fingerprint density at radius 1 is 1.16 bits per heavy atom. The number of fused-ring (bicyclic) bond motifs is 1. The number of H-pyrrole nitrogens is 1. The summed E-state index contributed by atoms with van der Waals surface area (Å²) in [4.78, 5) is 18.4. The van der Waals surface area contributed by atoms with Crippen LogP contribution in [0.5, 0.6) is 5.75 Å². The predicted octanol–water partition coefficient (Wildman–Crippen LogP) is 4.29. The van der Waals surface area contributed by atoms with Gasteiger partial charge in [-0.05, 0) is 55.2 Å². The molecular formula is C21H22N2O2. The fourth-order valence-corrected chi connectivity index (χ4v) is 3.19. The smallest absolute Gasteiger partial charge is 0.270 e. The zero-order valence-electron chi connectivity index (χ0n) is 14.6. The van der Waals surface area contributed by atoms with E-state index < -0.39 is 0 Å². The van der Waals surface area contributed by atoms with E-state index in [1.54, 1.807) is 7.11 Å². The number of hydrogen-bond donors (Lipinski definition) is 1. The largest absolute Gasteiger partial charge is 0.497 e. The number of benzene rings is 2. The van der Waals surface area contributed by atoms with Crippen molar-refractivity contribution in [3.8, 4) is 5.75 Å². The number of aromatic amines is 1. The molecule has 0 radical (unpaired) electrons. The van der Waals surface area contributed by atoms with Crippen LogP contribution in [-0.2, 0) is 6.54 Å². The number of amides is 1. The van der Waals surface area contributed by atoms with E-state index in [1.165, 1.54) is 5.56 Å². The van der Waals surface area contributed by atoms with Gasteiger partial charge in [-0.2, -0.15) is 0 Å². The van der Waals surface area contributed by atoms with E-state index in [-0.39, 0.29) is 5.91 Å². The van der Waals surface area contributed by atoms with Crippen LogP contribution in [0.4, 0.5) is 0 Å². The van der Waals surface area contributed by atoms with Crippen LogP contribution in [0.25, 0.3) is 10.9 Å². The number of carbonyl (C=O) groups excluding carboxylic acids is 1. The van der Waals surface area contributed by atoms with Gasteiger partial charge in [-0.25, -0.2) is 0 Å². The Morgan fingerprint density at radius 2 is 1.92 bits per heavy atom. The van der Waals surface area contributed by atoms with Gasteiger partial charge in [0.25, 0.3) is 5.91 Å². The summed E-state index contributed by atoms with van der Waals surface area (Å²) in [6, 6.07) is 16.4. The van der Waals surface area contributed by atoms with Crippen molar-refractivity contribution in [3.05, 3.63) is 65.4 Å². The first-order chi connectivity index (χ1) is 12.1. The van der Waals surface area contributed by atoms with Crippen molar-refractivity contribution >= 4 is 16.8 Å². The number of carbonyl (C=O) groups is 1. The summed E-state index contributed by atoms with van der Waals surface area (Å²) in [5.41, 5.74) is 3.99. The molecule has 2 aromatic carbocycles. The average molecular weight is 334 g/mol. The van der Waals surface area contributed by atoms with Gasteiger partial charge in [-0.3, -0.25) is 4.79 Å². The molecule has 25 heavy (non-hydrogen) atoms. The van der Waals surface area contributed by atoms with Crippen molar-refractivity contribution in [2.75, 3.05) is 7.11 Å². The van der Waals surface area contributed by atoms with E-state index in [2.05, 4.69) is 30.1 Å². The third-order valence-electron chi connectivity index (χ3n) is 4.77. The van der Waals surface area contributed by atoms with Gasteiger partial charge < -0.3 is 14.6 Å². The molecule has 0 bridgehead atoms. The Hall–Kier alpha value is -2.75. The third kappa shape index (κ3) is 3.25. The summed E-state index contributed by atoms with van der Waals surface area (Å²) in [7, 11) is 1.66. The Balaban J connectivity index is 1.59. The number of nitrogens with zero attached hydrogens (tertiary/aromatic N) is 1.